The van der Waals surface area contributed by atoms with Crippen LogP contribution in [0.4, 0.5) is 0 Å². The smallest absolute Gasteiger partial charge is 0.226 e. The van der Waals surface area contributed by atoms with Gasteiger partial charge in [-0.25, -0.2) is 4.98 Å². The zero-order valence-electron chi connectivity index (χ0n) is 29.3. The lowest BCUT2D eigenvalue weighted by Crippen LogP contribution is -2.28. The van der Waals surface area contributed by atoms with Crippen LogP contribution in [0.5, 0.6) is 0 Å². The third-order valence-corrected chi connectivity index (χ3v) is 11.6. The molecule has 53 heavy (non-hydrogen) atoms. The van der Waals surface area contributed by atoms with Gasteiger partial charge in [-0.15, -0.1) is 0 Å². The highest BCUT2D eigenvalue weighted by Gasteiger charge is 2.47. The molecule has 3 aliphatic carbocycles. The van der Waals surface area contributed by atoms with Gasteiger partial charge in [0.1, 0.15) is 5.52 Å². The van der Waals surface area contributed by atoms with Crippen molar-refractivity contribution in [1.29, 1.82) is 0 Å². The van der Waals surface area contributed by atoms with Crippen LogP contribution in [-0.4, -0.2) is 9.55 Å². The number of hydrogen-bond acceptors (Lipinski definition) is 2. The summed E-state index contributed by atoms with van der Waals surface area (Å²) in [5.41, 5.74) is 17.4. The van der Waals surface area contributed by atoms with Crippen molar-refractivity contribution in [1.82, 2.24) is 9.55 Å². The highest BCUT2D eigenvalue weighted by atomic mass is 16.3. The molecule has 0 saturated heterocycles. The molecule has 0 N–H and O–H groups in total. The lowest BCUT2D eigenvalue weighted by Gasteiger charge is -2.33. The fourth-order valence-electron chi connectivity index (χ4n) is 9.36. The van der Waals surface area contributed by atoms with Gasteiger partial charge in [0.05, 0.1) is 10.9 Å². The van der Waals surface area contributed by atoms with E-state index in [9.17, 15) is 0 Å². The summed E-state index contributed by atoms with van der Waals surface area (Å²) >= 11 is 0. The Morgan fingerprint density at radius 1 is 0.623 bits per heavy atom. The van der Waals surface area contributed by atoms with Crippen LogP contribution in [0.25, 0.3) is 61.6 Å². The van der Waals surface area contributed by atoms with E-state index in [0.29, 0.717) is 5.89 Å². The molecule has 3 aliphatic rings. The molecule has 3 heteroatoms. The average molecular weight is 681 g/mol. The predicted molar refractivity (Wildman–Crippen MR) is 217 cm³/mol. The Balaban J connectivity index is 1.15. The maximum Gasteiger partial charge on any atom is 0.226 e. The Labute approximate surface area is 308 Å². The van der Waals surface area contributed by atoms with Crippen LogP contribution in [0.15, 0.2) is 168 Å². The van der Waals surface area contributed by atoms with Gasteiger partial charge < -0.3 is 8.98 Å². The Kier molecular flexibility index (Phi) is 6.72. The number of benzene rings is 6. The molecule has 2 heterocycles. The van der Waals surface area contributed by atoms with E-state index in [1.807, 2.05) is 0 Å². The molecule has 0 spiro atoms. The Hall–Kier alpha value is -6.45. The Morgan fingerprint density at radius 3 is 2.28 bits per heavy atom. The highest BCUT2D eigenvalue weighted by Crippen LogP contribution is 2.58. The molecule has 6 aromatic carbocycles. The number of hydrogen-bond donors (Lipinski definition) is 0. The number of rotatable bonds is 5. The summed E-state index contributed by atoms with van der Waals surface area (Å²) in [5.74, 6) is 0.685. The first kappa shape index (κ1) is 30.2. The van der Waals surface area contributed by atoms with E-state index < -0.39 is 5.41 Å². The minimum atomic E-state index is -0.559. The van der Waals surface area contributed by atoms with E-state index in [2.05, 4.69) is 174 Å². The summed E-state index contributed by atoms with van der Waals surface area (Å²) in [7, 11) is 0. The van der Waals surface area contributed by atoms with Gasteiger partial charge >= 0.3 is 0 Å². The van der Waals surface area contributed by atoms with Crippen LogP contribution in [-0.2, 0) is 11.8 Å². The maximum absolute atomic E-state index is 6.54. The number of allylic oxidation sites excluding steroid dienone is 5. The summed E-state index contributed by atoms with van der Waals surface area (Å²) in [6, 6.07) is 51.4. The molecule has 3 nitrogen and oxygen atoms in total. The van der Waals surface area contributed by atoms with Crippen LogP contribution in [0.2, 0.25) is 0 Å². The summed E-state index contributed by atoms with van der Waals surface area (Å²) in [5, 5.41) is 1.30. The standard InChI is InChI=1S/C50H36N2O/c1-4-15-33(16-5-1)49-51-44-29-28-36(32-47(44)53-49)50(35-17-6-2-7-18-35)42-24-12-10-22-40(42)48-38(23-14-25-43(48)50)34-27-30-46-41(31-34)39-21-11-13-26-45(39)52(46)37-19-8-3-9-20-37/h2-4,6-12,14-25,27-32H,1,5,13,26H2. The quantitative estimate of drug-likeness (QED) is 0.181. The van der Waals surface area contributed by atoms with Crippen LogP contribution < -0.4 is 0 Å². The zero-order valence-corrected chi connectivity index (χ0v) is 29.3. The molecule has 2 aromatic heterocycles. The van der Waals surface area contributed by atoms with Crippen molar-refractivity contribution in [3.63, 3.8) is 0 Å². The fourth-order valence-corrected chi connectivity index (χ4v) is 9.36. The van der Waals surface area contributed by atoms with Crippen LogP contribution in [0.3, 0.4) is 0 Å². The van der Waals surface area contributed by atoms with Gasteiger partial charge in [0.2, 0.25) is 5.89 Å². The highest BCUT2D eigenvalue weighted by molar-refractivity contribution is 6.00. The second-order valence-electron chi connectivity index (χ2n) is 14.4. The van der Waals surface area contributed by atoms with Gasteiger partial charge in [-0.1, -0.05) is 134 Å². The van der Waals surface area contributed by atoms with Gasteiger partial charge in [0.25, 0.3) is 0 Å². The minimum absolute atomic E-state index is 0.559. The predicted octanol–water partition coefficient (Wildman–Crippen LogP) is 12.5. The van der Waals surface area contributed by atoms with Crippen LogP contribution >= 0.6 is 0 Å². The third-order valence-electron chi connectivity index (χ3n) is 11.6. The molecule has 0 bridgehead atoms. The number of nitrogens with zero attached hydrogens (tertiary/aromatic N) is 2. The van der Waals surface area contributed by atoms with Crippen LogP contribution in [0.1, 0.15) is 58.7 Å². The van der Waals surface area contributed by atoms with Crippen molar-refractivity contribution in [2.45, 2.75) is 31.1 Å². The summed E-state index contributed by atoms with van der Waals surface area (Å²) < 4.78 is 9.01. The molecule has 0 fully saturated rings. The topological polar surface area (TPSA) is 31.0 Å². The largest absolute Gasteiger partial charge is 0.436 e. The number of oxazole rings is 1. The third kappa shape index (κ3) is 4.44. The van der Waals surface area contributed by atoms with E-state index in [-0.39, 0.29) is 0 Å². The summed E-state index contributed by atoms with van der Waals surface area (Å²) in [6.45, 7) is 0. The van der Waals surface area contributed by atoms with Gasteiger partial charge in [-0.3, -0.25) is 0 Å². The van der Waals surface area contributed by atoms with Crippen molar-refractivity contribution in [2.24, 2.45) is 0 Å². The van der Waals surface area contributed by atoms with Crippen molar-refractivity contribution in [2.75, 3.05) is 0 Å². The van der Waals surface area contributed by atoms with Crippen LogP contribution in [0, 0.1) is 0 Å². The average Bonchev–Trinajstić information content (AvgIpc) is 3.90. The normalized spacial score (nSPS) is 17.2. The molecule has 1 unspecified atom stereocenters. The van der Waals surface area contributed by atoms with E-state index >= 15 is 0 Å². The van der Waals surface area contributed by atoms with E-state index in [0.717, 1.165) is 42.4 Å². The summed E-state index contributed by atoms with van der Waals surface area (Å²) in [4.78, 5) is 4.93. The minimum Gasteiger partial charge on any atom is -0.436 e. The fraction of sp³-hybridized carbons (Fsp3) is 0.100. The number of fused-ring (bicyclic) bond motifs is 7. The molecule has 8 aromatic rings. The molecule has 1 atom stereocenters. The van der Waals surface area contributed by atoms with Crippen molar-refractivity contribution in [3.05, 3.63) is 203 Å². The first-order chi connectivity index (χ1) is 26.3. The lowest BCUT2D eigenvalue weighted by atomic mass is 9.67. The first-order valence-corrected chi connectivity index (χ1v) is 18.8. The Morgan fingerprint density at radius 2 is 1.42 bits per heavy atom. The number of para-hydroxylation sites is 1. The first-order valence-electron chi connectivity index (χ1n) is 18.8. The SMILES string of the molecule is C1=CC(c2nc3ccc(C4(c5ccccc5)c5ccccc5-c5c(-c6ccc7c(c6)c6c(n7-c7ccccc7)CCC=C6)cccc54)cc3o2)=CCC1. The van der Waals surface area contributed by atoms with Crippen molar-refractivity contribution in [3.8, 4) is 27.9 Å². The van der Waals surface area contributed by atoms with Gasteiger partial charge in [-0.2, -0.15) is 0 Å². The van der Waals surface area contributed by atoms with Gasteiger partial charge in [0, 0.05) is 27.9 Å². The lowest BCUT2D eigenvalue weighted by molar-refractivity contribution is 0.584. The molecule has 11 rings (SSSR count). The van der Waals surface area contributed by atoms with Crippen molar-refractivity contribution < 1.29 is 4.42 Å². The Bertz CT molecular complexity index is 2830. The van der Waals surface area contributed by atoms with E-state index in [1.165, 1.54) is 72.4 Å². The second kappa shape index (κ2) is 11.8. The van der Waals surface area contributed by atoms with E-state index in [1.54, 1.807) is 0 Å². The van der Waals surface area contributed by atoms with Crippen molar-refractivity contribution >= 4 is 33.7 Å². The maximum atomic E-state index is 6.54. The van der Waals surface area contributed by atoms with Gasteiger partial charge in [0.15, 0.2) is 5.58 Å². The molecule has 0 radical (unpaired) electrons. The molecule has 0 aliphatic heterocycles. The summed E-state index contributed by atoms with van der Waals surface area (Å²) in [6.07, 6.45) is 15.4. The number of aromatic nitrogens is 2. The molecule has 252 valence electrons. The van der Waals surface area contributed by atoms with E-state index in [4.69, 9.17) is 9.40 Å². The monoisotopic (exact) mass is 680 g/mol. The molecular formula is C50H36N2O. The zero-order chi connectivity index (χ0) is 34.9. The molecular weight excluding hydrogens is 645 g/mol. The van der Waals surface area contributed by atoms with Gasteiger partial charge in [-0.05, 0) is 107 Å². The molecule has 0 amide bonds. The molecule has 0 saturated carbocycles. The second-order valence-corrected chi connectivity index (χ2v) is 14.4.